The van der Waals surface area contributed by atoms with Crippen molar-refractivity contribution < 1.29 is 9.53 Å². The van der Waals surface area contributed by atoms with Gasteiger partial charge in [-0.3, -0.25) is 4.79 Å². The molecule has 4 heteroatoms. The maximum Gasteiger partial charge on any atom is 0.224 e. The van der Waals surface area contributed by atoms with Crippen LogP contribution in [0.3, 0.4) is 0 Å². The molecule has 0 aromatic rings. The molecule has 0 aromatic carbocycles. The first-order valence-electron chi connectivity index (χ1n) is 6.07. The van der Waals surface area contributed by atoms with Gasteiger partial charge in [0.15, 0.2) is 0 Å². The van der Waals surface area contributed by atoms with E-state index in [2.05, 4.69) is 0 Å². The Morgan fingerprint density at radius 3 is 2.56 bits per heavy atom. The minimum atomic E-state index is -0.218. The van der Waals surface area contributed by atoms with E-state index in [1.165, 1.54) is 0 Å². The summed E-state index contributed by atoms with van der Waals surface area (Å²) in [6, 6.07) is 0. The maximum absolute atomic E-state index is 11.8. The number of nitrogens with zero attached hydrogens (tertiary/aromatic N) is 1. The van der Waals surface area contributed by atoms with Crippen LogP contribution in [0.5, 0.6) is 0 Å². The smallest absolute Gasteiger partial charge is 0.224 e. The van der Waals surface area contributed by atoms with Gasteiger partial charge in [0.05, 0.1) is 12.7 Å². The van der Waals surface area contributed by atoms with Crippen molar-refractivity contribution >= 4 is 5.91 Å². The van der Waals surface area contributed by atoms with Gasteiger partial charge in [0, 0.05) is 25.6 Å². The number of rotatable bonds is 6. The predicted octanol–water partition coefficient (Wildman–Crippen LogP) is 1.14. The van der Waals surface area contributed by atoms with Crippen LogP contribution in [0.15, 0.2) is 0 Å². The summed E-state index contributed by atoms with van der Waals surface area (Å²) >= 11 is 0. The fraction of sp³-hybridized carbons (Fsp3) is 0.917. The van der Waals surface area contributed by atoms with Crippen LogP contribution in [-0.4, -0.2) is 42.6 Å². The van der Waals surface area contributed by atoms with E-state index in [4.69, 9.17) is 10.5 Å². The molecular formula is C12H24N2O2. The molecule has 0 radical (unpaired) electrons. The number of carbonyl (C=O) groups is 1. The lowest BCUT2D eigenvalue weighted by Gasteiger charge is -2.38. The number of ether oxygens (including phenoxy) is 1. The number of likely N-dealkylation sites (N-methyl/N-ethyl adjacent to an activating group) is 1. The number of nitrogens with two attached hydrogens (primary N) is 1. The van der Waals surface area contributed by atoms with Crippen molar-refractivity contribution in [3.63, 3.8) is 0 Å². The average molecular weight is 228 g/mol. The second-order valence-corrected chi connectivity index (χ2v) is 5.13. The van der Waals surface area contributed by atoms with Gasteiger partial charge in [-0.2, -0.15) is 0 Å². The van der Waals surface area contributed by atoms with Gasteiger partial charge in [-0.1, -0.05) is 0 Å². The number of hydrogen-bond donors (Lipinski definition) is 1. The van der Waals surface area contributed by atoms with Gasteiger partial charge < -0.3 is 15.4 Å². The SMILES string of the molecule is CC(C)OCCN(C)C(=O)CC1(N)CCC1. The van der Waals surface area contributed by atoms with Crippen molar-refractivity contribution in [3.05, 3.63) is 0 Å². The molecule has 0 spiro atoms. The standard InChI is InChI=1S/C12H24N2O2/c1-10(2)16-8-7-14(3)11(15)9-12(13)5-4-6-12/h10H,4-9,13H2,1-3H3. The van der Waals surface area contributed by atoms with Crippen molar-refractivity contribution in [1.29, 1.82) is 0 Å². The first-order chi connectivity index (χ1) is 7.43. The first-order valence-corrected chi connectivity index (χ1v) is 6.07. The summed E-state index contributed by atoms with van der Waals surface area (Å²) in [5.41, 5.74) is 5.82. The van der Waals surface area contributed by atoms with Gasteiger partial charge in [-0.05, 0) is 33.1 Å². The third-order valence-electron chi connectivity index (χ3n) is 3.16. The Hall–Kier alpha value is -0.610. The molecule has 0 aliphatic heterocycles. The number of amides is 1. The third-order valence-corrected chi connectivity index (χ3v) is 3.16. The van der Waals surface area contributed by atoms with Crippen molar-refractivity contribution in [3.8, 4) is 0 Å². The summed E-state index contributed by atoms with van der Waals surface area (Å²) in [5.74, 6) is 0.134. The Bertz CT molecular complexity index is 237. The normalized spacial score (nSPS) is 18.3. The molecule has 0 heterocycles. The zero-order chi connectivity index (χ0) is 12.2. The van der Waals surface area contributed by atoms with Crippen molar-refractivity contribution in [2.75, 3.05) is 20.2 Å². The van der Waals surface area contributed by atoms with Crippen LogP contribution < -0.4 is 5.73 Å². The molecule has 4 nitrogen and oxygen atoms in total. The van der Waals surface area contributed by atoms with Gasteiger partial charge in [0.25, 0.3) is 0 Å². The highest BCUT2D eigenvalue weighted by Crippen LogP contribution is 2.32. The average Bonchev–Trinajstić information content (AvgIpc) is 2.14. The molecule has 1 saturated carbocycles. The molecule has 1 aliphatic carbocycles. The van der Waals surface area contributed by atoms with Gasteiger partial charge in [-0.15, -0.1) is 0 Å². The minimum absolute atomic E-state index is 0.134. The lowest BCUT2D eigenvalue weighted by Crippen LogP contribution is -2.50. The Balaban J connectivity index is 2.20. The van der Waals surface area contributed by atoms with E-state index in [0.29, 0.717) is 19.6 Å². The second-order valence-electron chi connectivity index (χ2n) is 5.13. The van der Waals surface area contributed by atoms with E-state index in [1.807, 2.05) is 20.9 Å². The van der Waals surface area contributed by atoms with E-state index < -0.39 is 0 Å². The molecule has 1 rings (SSSR count). The lowest BCUT2D eigenvalue weighted by atomic mass is 9.75. The number of carbonyl (C=O) groups excluding carboxylic acids is 1. The molecule has 0 bridgehead atoms. The highest BCUT2D eigenvalue weighted by molar-refractivity contribution is 5.77. The quantitative estimate of drug-likeness (QED) is 0.741. The Morgan fingerprint density at radius 1 is 1.50 bits per heavy atom. The second kappa shape index (κ2) is 5.64. The monoisotopic (exact) mass is 228 g/mol. The predicted molar refractivity (Wildman–Crippen MR) is 64.1 cm³/mol. The van der Waals surface area contributed by atoms with Crippen LogP contribution in [-0.2, 0) is 9.53 Å². The summed E-state index contributed by atoms with van der Waals surface area (Å²) in [4.78, 5) is 13.5. The zero-order valence-corrected chi connectivity index (χ0v) is 10.7. The van der Waals surface area contributed by atoms with Crippen LogP contribution in [0.2, 0.25) is 0 Å². The highest BCUT2D eigenvalue weighted by Gasteiger charge is 2.35. The minimum Gasteiger partial charge on any atom is -0.377 e. The fourth-order valence-electron chi connectivity index (χ4n) is 1.79. The van der Waals surface area contributed by atoms with Crippen LogP contribution in [0.25, 0.3) is 0 Å². The Morgan fingerprint density at radius 2 is 2.12 bits per heavy atom. The van der Waals surface area contributed by atoms with E-state index >= 15 is 0 Å². The molecular weight excluding hydrogens is 204 g/mol. The summed E-state index contributed by atoms with van der Waals surface area (Å²) in [6.07, 6.45) is 3.82. The molecule has 16 heavy (non-hydrogen) atoms. The molecule has 94 valence electrons. The largest absolute Gasteiger partial charge is 0.377 e. The van der Waals surface area contributed by atoms with Gasteiger partial charge in [0.2, 0.25) is 5.91 Å². The first kappa shape index (κ1) is 13.5. The summed E-state index contributed by atoms with van der Waals surface area (Å²) in [5, 5.41) is 0. The molecule has 1 amide bonds. The van der Waals surface area contributed by atoms with Crippen molar-refractivity contribution in [1.82, 2.24) is 4.90 Å². The lowest BCUT2D eigenvalue weighted by molar-refractivity contribution is -0.132. The maximum atomic E-state index is 11.8. The van der Waals surface area contributed by atoms with Crippen LogP contribution in [0.1, 0.15) is 39.5 Å². The highest BCUT2D eigenvalue weighted by atomic mass is 16.5. The van der Waals surface area contributed by atoms with E-state index in [1.54, 1.807) is 4.90 Å². The zero-order valence-electron chi connectivity index (χ0n) is 10.7. The van der Waals surface area contributed by atoms with E-state index in [-0.39, 0.29) is 17.6 Å². The third kappa shape index (κ3) is 4.10. The van der Waals surface area contributed by atoms with Crippen molar-refractivity contribution in [2.24, 2.45) is 5.73 Å². The molecule has 0 unspecified atom stereocenters. The summed E-state index contributed by atoms with van der Waals surface area (Å²) < 4.78 is 5.41. The summed E-state index contributed by atoms with van der Waals surface area (Å²) in [6.45, 7) is 5.22. The molecule has 0 atom stereocenters. The van der Waals surface area contributed by atoms with E-state index in [0.717, 1.165) is 19.3 Å². The number of hydrogen-bond acceptors (Lipinski definition) is 3. The van der Waals surface area contributed by atoms with E-state index in [9.17, 15) is 4.79 Å². The topological polar surface area (TPSA) is 55.6 Å². The van der Waals surface area contributed by atoms with Gasteiger partial charge in [0.1, 0.15) is 0 Å². The molecule has 1 aliphatic rings. The molecule has 0 saturated heterocycles. The van der Waals surface area contributed by atoms with Gasteiger partial charge >= 0.3 is 0 Å². The Labute approximate surface area is 98.1 Å². The van der Waals surface area contributed by atoms with Crippen molar-refractivity contribution in [2.45, 2.75) is 51.2 Å². The van der Waals surface area contributed by atoms with Crippen LogP contribution in [0, 0.1) is 0 Å². The van der Waals surface area contributed by atoms with Crippen LogP contribution in [0.4, 0.5) is 0 Å². The summed E-state index contributed by atoms with van der Waals surface area (Å²) in [7, 11) is 1.81. The molecule has 0 aromatic heterocycles. The molecule has 1 fully saturated rings. The van der Waals surface area contributed by atoms with Crippen LogP contribution >= 0.6 is 0 Å². The molecule has 2 N–H and O–H groups in total. The van der Waals surface area contributed by atoms with Gasteiger partial charge in [-0.25, -0.2) is 0 Å². The Kier molecular flexibility index (Phi) is 4.74. The fourth-order valence-corrected chi connectivity index (χ4v) is 1.79.